The summed E-state index contributed by atoms with van der Waals surface area (Å²) in [5.74, 6) is 1.46. The summed E-state index contributed by atoms with van der Waals surface area (Å²) in [7, 11) is 1.64. The van der Waals surface area contributed by atoms with E-state index >= 15 is 0 Å². The van der Waals surface area contributed by atoms with Crippen LogP contribution in [-0.2, 0) is 6.54 Å². The van der Waals surface area contributed by atoms with E-state index in [2.05, 4.69) is 16.7 Å². The molecule has 1 aromatic heterocycles. The normalized spacial score (nSPS) is 15.9. The van der Waals surface area contributed by atoms with Crippen molar-refractivity contribution in [1.82, 2.24) is 4.57 Å². The molecule has 2 heterocycles. The summed E-state index contributed by atoms with van der Waals surface area (Å²) >= 11 is 0. The summed E-state index contributed by atoms with van der Waals surface area (Å²) in [4.78, 5) is 0. The van der Waals surface area contributed by atoms with Crippen LogP contribution in [0.3, 0.4) is 0 Å². The summed E-state index contributed by atoms with van der Waals surface area (Å²) in [6.07, 6.45) is 3.26. The first-order valence-corrected chi connectivity index (χ1v) is 9.44. The van der Waals surface area contributed by atoms with Gasteiger partial charge in [-0.05, 0) is 55.3 Å². The predicted octanol–water partition coefficient (Wildman–Crippen LogP) is 4.83. The van der Waals surface area contributed by atoms with Gasteiger partial charge in [0.1, 0.15) is 23.2 Å². The van der Waals surface area contributed by atoms with E-state index in [9.17, 15) is 5.11 Å². The third-order valence-electron chi connectivity index (χ3n) is 5.01. The highest BCUT2D eigenvalue weighted by atomic mass is 16.5. The fourth-order valence-corrected chi connectivity index (χ4v) is 3.70. The second-order valence-corrected chi connectivity index (χ2v) is 7.62. The maximum atomic E-state index is 11.3. The van der Waals surface area contributed by atoms with Gasteiger partial charge < -0.3 is 19.1 Å². The maximum absolute atomic E-state index is 11.3. The molecule has 1 atom stereocenters. The minimum Gasteiger partial charge on any atom is -0.497 e. The number of aliphatic hydroxyl groups is 1. The van der Waals surface area contributed by atoms with Crippen LogP contribution in [0.15, 0.2) is 72.9 Å². The van der Waals surface area contributed by atoms with Gasteiger partial charge in [-0.3, -0.25) is 0 Å². The van der Waals surface area contributed by atoms with E-state index in [1.54, 1.807) is 7.11 Å². The van der Waals surface area contributed by atoms with Gasteiger partial charge in [-0.15, -0.1) is 0 Å². The van der Waals surface area contributed by atoms with Crippen LogP contribution in [0.25, 0.3) is 5.57 Å². The zero-order chi connectivity index (χ0) is 19.7. The van der Waals surface area contributed by atoms with Crippen LogP contribution in [0.4, 0.5) is 0 Å². The number of aromatic nitrogens is 1. The molecule has 1 unspecified atom stereocenters. The zero-order valence-corrected chi connectivity index (χ0v) is 16.4. The van der Waals surface area contributed by atoms with Gasteiger partial charge in [-0.1, -0.05) is 30.3 Å². The number of hydrogen-bond acceptors (Lipinski definition) is 3. The summed E-state index contributed by atoms with van der Waals surface area (Å²) in [6, 6.07) is 19.9. The molecule has 3 aromatic rings. The first kappa shape index (κ1) is 18.4. The summed E-state index contributed by atoms with van der Waals surface area (Å²) in [5.41, 5.74) is 3.27. The largest absolute Gasteiger partial charge is 0.497 e. The van der Waals surface area contributed by atoms with Gasteiger partial charge in [-0.2, -0.15) is 0 Å². The number of rotatable bonds is 5. The monoisotopic (exact) mass is 375 g/mol. The number of nitrogens with zero attached hydrogens (tertiary/aromatic N) is 1. The van der Waals surface area contributed by atoms with Crippen LogP contribution in [0.2, 0.25) is 0 Å². The van der Waals surface area contributed by atoms with Crippen molar-refractivity contribution in [2.24, 2.45) is 0 Å². The molecule has 1 N–H and O–H groups in total. The number of ether oxygens (including phenoxy) is 2. The topological polar surface area (TPSA) is 43.6 Å². The molecule has 0 fully saturated rings. The van der Waals surface area contributed by atoms with Gasteiger partial charge in [-0.25, -0.2) is 0 Å². The molecule has 2 aromatic carbocycles. The second-order valence-electron chi connectivity index (χ2n) is 7.62. The Labute approximate surface area is 165 Å². The number of methoxy groups -OCH3 is 1. The van der Waals surface area contributed by atoms with Crippen molar-refractivity contribution in [2.45, 2.75) is 32.1 Å². The van der Waals surface area contributed by atoms with Gasteiger partial charge in [0.2, 0.25) is 0 Å². The third kappa shape index (κ3) is 3.56. The molecular weight excluding hydrogens is 350 g/mol. The lowest BCUT2D eigenvalue weighted by molar-refractivity contribution is 0.151. The van der Waals surface area contributed by atoms with Crippen LogP contribution in [0.1, 0.15) is 36.8 Å². The molecule has 0 saturated heterocycles. The van der Waals surface area contributed by atoms with E-state index in [4.69, 9.17) is 9.47 Å². The van der Waals surface area contributed by atoms with Crippen molar-refractivity contribution in [3.05, 3.63) is 89.8 Å². The molecule has 0 saturated carbocycles. The minimum atomic E-state index is -0.756. The summed E-state index contributed by atoms with van der Waals surface area (Å²) < 4.78 is 13.5. The number of benzene rings is 2. The Morgan fingerprint density at radius 3 is 2.61 bits per heavy atom. The van der Waals surface area contributed by atoms with E-state index in [-0.39, 0.29) is 0 Å². The SMILES string of the molecule is COc1ccc2c(c1)OC(C)(C)C=C2C(O)c1cccn1Cc1ccccc1. The smallest absolute Gasteiger partial charge is 0.131 e. The lowest BCUT2D eigenvalue weighted by atomic mass is 9.90. The Morgan fingerprint density at radius 2 is 1.86 bits per heavy atom. The van der Waals surface area contributed by atoms with Crippen molar-refractivity contribution >= 4 is 5.57 Å². The van der Waals surface area contributed by atoms with E-state index in [0.717, 1.165) is 28.3 Å². The highest BCUT2D eigenvalue weighted by Crippen LogP contribution is 2.43. The average molecular weight is 375 g/mol. The predicted molar refractivity (Wildman–Crippen MR) is 111 cm³/mol. The van der Waals surface area contributed by atoms with Crippen LogP contribution in [-0.4, -0.2) is 22.4 Å². The molecular formula is C24H25NO3. The Hall–Kier alpha value is -2.98. The third-order valence-corrected chi connectivity index (χ3v) is 5.01. The second kappa shape index (κ2) is 7.21. The van der Waals surface area contributed by atoms with Gasteiger partial charge in [0.25, 0.3) is 0 Å². The molecule has 4 nitrogen and oxygen atoms in total. The highest BCUT2D eigenvalue weighted by Gasteiger charge is 2.31. The quantitative estimate of drug-likeness (QED) is 0.694. The van der Waals surface area contributed by atoms with E-state index in [1.165, 1.54) is 5.56 Å². The standard InChI is InChI=1S/C24H25NO3/c1-24(2)15-20(19-12-11-18(27-3)14-22(19)28-24)23(26)21-10-7-13-25(21)16-17-8-5-4-6-9-17/h4-15,23,26H,16H2,1-3H3. The number of hydrogen-bond donors (Lipinski definition) is 1. The Morgan fingerprint density at radius 1 is 1.07 bits per heavy atom. The highest BCUT2D eigenvalue weighted by molar-refractivity contribution is 5.77. The van der Waals surface area contributed by atoms with Gasteiger partial charge in [0.05, 0.1) is 12.8 Å². The summed E-state index contributed by atoms with van der Waals surface area (Å²) in [6.45, 7) is 4.69. The molecule has 1 aliphatic rings. The molecule has 0 aliphatic carbocycles. The molecule has 0 bridgehead atoms. The van der Waals surface area contributed by atoms with Crippen LogP contribution in [0.5, 0.6) is 11.5 Å². The van der Waals surface area contributed by atoms with Crippen molar-refractivity contribution < 1.29 is 14.6 Å². The van der Waals surface area contributed by atoms with E-state index in [1.807, 2.05) is 74.7 Å². The molecule has 1 aliphatic heterocycles. The van der Waals surface area contributed by atoms with Gasteiger partial charge in [0, 0.05) is 24.4 Å². The number of aliphatic hydroxyl groups excluding tert-OH is 1. The van der Waals surface area contributed by atoms with Crippen LogP contribution >= 0.6 is 0 Å². The Bertz CT molecular complexity index is 1000. The van der Waals surface area contributed by atoms with Crippen molar-refractivity contribution in [1.29, 1.82) is 0 Å². The van der Waals surface area contributed by atoms with Crippen LogP contribution in [0, 0.1) is 0 Å². The van der Waals surface area contributed by atoms with E-state index in [0.29, 0.717) is 6.54 Å². The molecule has 4 rings (SSSR count). The van der Waals surface area contributed by atoms with Crippen molar-refractivity contribution in [3.8, 4) is 11.5 Å². The number of fused-ring (bicyclic) bond motifs is 1. The zero-order valence-electron chi connectivity index (χ0n) is 16.4. The van der Waals surface area contributed by atoms with Gasteiger partial charge >= 0.3 is 0 Å². The van der Waals surface area contributed by atoms with Gasteiger partial charge in [0.15, 0.2) is 0 Å². The molecule has 28 heavy (non-hydrogen) atoms. The lowest BCUT2D eigenvalue weighted by Crippen LogP contribution is -2.30. The van der Waals surface area contributed by atoms with E-state index < -0.39 is 11.7 Å². The Balaban J connectivity index is 1.71. The molecule has 144 valence electrons. The van der Waals surface area contributed by atoms with Crippen LogP contribution < -0.4 is 9.47 Å². The fourth-order valence-electron chi connectivity index (χ4n) is 3.70. The van der Waals surface area contributed by atoms with Crippen molar-refractivity contribution in [3.63, 3.8) is 0 Å². The molecule has 0 spiro atoms. The molecule has 4 heteroatoms. The first-order chi connectivity index (χ1) is 13.5. The lowest BCUT2D eigenvalue weighted by Gasteiger charge is -2.33. The maximum Gasteiger partial charge on any atom is 0.131 e. The molecule has 0 amide bonds. The fraction of sp³-hybridized carbons (Fsp3) is 0.250. The first-order valence-electron chi connectivity index (χ1n) is 9.44. The van der Waals surface area contributed by atoms with Crippen molar-refractivity contribution in [2.75, 3.05) is 7.11 Å². The Kier molecular flexibility index (Phi) is 4.73. The average Bonchev–Trinajstić information content (AvgIpc) is 3.14. The minimum absolute atomic E-state index is 0.521. The molecule has 0 radical (unpaired) electrons. The summed E-state index contributed by atoms with van der Waals surface area (Å²) in [5, 5.41) is 11.3.